The van der Waals surface area contributed by atoms with Crippen LogP contribution in [0, 0.1) is 0 Å². The molecular formula is C6H15NO3P+. The standard InChI is InChI=1S/C6H15NO3P/c1-7(2)4-6(8)5-10-11(3)9/h6,8H,4-5H2,1-3H3/q+1. The minimum absolute atomic E-state index is 0.143. The third-order valence-corrected chi connectivity index (χ3v) is 1.54. The minimum atomic E-state index is -1.59. The molecule has 0 aromatic rings. The van der Waals surface area contributed by atoms with Crippen LogP contribution in [-0.4, -0.2) is 50.0 Å². The van der Waals surface area contributed by atoms with Crippen molar-refractivity contribution in [2.75, 3.05) is 33.9 Å². The van der Waals surface area contributed by atoms with Crippen LogP contribution >= 0.6 is 8.03 Å². The van der Waals surface area contributed by atoms with Gasteiger partial charge in [-0.3, -0.25) is 0 Å². The molecule has 1 N–H and O–H groups in total. The summed E-state index contributed by atoms with van der Waals surface area (Å²) in [4.78, 5) is 1.84. The first-order valence-corrected chi connectivity index (χ1v) is 5.01. The molecule has 2 unspecified atom stereocenters. The maximum atomic E-state index is 10.4. The lowest BCUT2D eigenvalue weighted by Crippen LogP contribution is -2.28. The summed E-state index contributed by atoms with van der Waals surface area (Å²) in [6.07, 6.45) is -0.552. The topological polar surface area (TPSA) is 49.8 Å². The molecule has 0 bridgehead atoms. The van der Waals surface area contributed by atoms with Gasteiger partial charge in [-0.05, 0) is 18.7 Å². The summed E-state index contributed by atoms with van der Waals surface area (Å²) in [5, 5.41) is 9.17. The summed E-state index contributed by atoms with van der Waals surface area (Å²) >= 11 is 0. The summed E-state index contributed by atoms with van der Waals surface area (Å²) in [6.45, 7) is 2.14. The van der Waals surface area contributed by atoms with E-state index >= 15 is 0 Å². The molecule has 0 saturated heterocycles. The van der Waals surface area contributed by atoms with Crippen LogP contribution in [0.15, 0.2) is 0 Å². The summed E-state index contributed by atoms with van der Waals surface area (Å²) in [6, 6.07) is 0. The molecule has 11 heavy (non-hydrogen) atoms. The summed E-state index contributed by atoms with van der Waals surface area (Å²) in [5.41, 5.74) is 0. The zero-order valence-electron chi connectivity index (χ0n) is 7.15. The van der Waals surface area contributed by atoms with E-state index < -0.39 is 14.1 Å². The first-order chi connectivity index (χ1) is 5.02. The Balaban J connectivity index is 3.37. The average molecular weight is 180 g/mol. The van der Waals surface area contributed by atoms with Crippen LogP contribution in [0.4, 0.5) is 0 Å². The van der Waals surface area contributed by atoms with E-state index in [0.29, 0.717) is 6.54 Å². The summed E-state index contributed by atoms with van der Waals surface area (Å²) < 4.78 is 15.2. The van der Waals surface area contributed by atoms with E-state index in [9.17, 15) is 9.67 Å². The predicted molar refractivity (Wildman–Crippen MR) is 44.0 cm³/mol. The van der Waals surface area contributed by atoms with Crippen molar-refractivity contribution in [1.29, 1.82) is 0 Å². The number of nitrogens with zero attached hydrogens (tertiary/aromatic N) is 1. The van der Waals surface area contributed by atoms with Gasteiger partial charge < -0.3 is 10.0 Å². The maximum Gasteiger partial charge on any atom is 0.504 e. The fourth-order valence-electron chi connectivity index (χ4n) is 0.665. The predicted octanol–water partition coefficient (Wildman–Crippen LogP) is 0.298. The molecule has 0 aliphatic heterocycles. The number of aliphatic hydroxyl groups excluding tert-OH is 1. The van der Waals surface area contributed by atoms with E-state index in [1.165, 1.54) is 6.66 Å². The summed E-state index contributed by atoms with van der Waals surface area (Å²) in [5.74, 6) is 0. The van der Waals surface area contributed by atoms with E-state index in [0.717, 1.165) is 0 Å². The fourth-order valence-corrected chi connectivity index (χ4v) is 1.05. The van der Waals surface area contributed by atoms with E-state index in [2.05, 4.69) is 0 Å². The van der Waals surface area contributed by atoms with E-state index in [1.807, 2.05) is 19.0 Å². The minimum Gasteiger partial charge on any atom is -0.389 e. The molecule has 0 amide bonds. The molecule has 2 atom stereocenters. The van der Waals surface area contributed by atoms with Gasteiger partial charge in [-0.1, -0.05) is 0 Å². The van der Waals surface area contributed by atoms with Crippen molar-refractivity contribution in [2.24, 2.45) is 0 Å². The third-order valence-electron chi connectivity index (χ3n) is 1.02. The van der Waals surface area contributed by atoms with Crippen molar-refractivity contribution >= 4 is 8.03 Å². The number of aliphatic hydroxyl groups is 1. The zero-order chi connectivity index (χ0) is 8.85. The Morgan fingerprint density at radius 3 is 2.55 bits per heavy atom. The highest BCUT2D eigenvalue weighted by Crippen LogP contribution is 2.14. The molecule has 4 nitrogen and oxygen atoms in total. The van der Waals surface area contributed by atoms with Crippen LogP contribution in [0.2, 0.25) is 0 Å². The van der Waals surface area contributed by atoms with Crippen LogP contribution in [0.25, 0.3) is 0 Å². The second kappa shape index (κ2) is 5.61. The number of rotatable bonds is 5. The summed E-state index contributed by atoms with van der Waals surface area (Å²) in [7, 11) is 2.13. The van der Waals surface area contributed by atoms with Crippen molar-refractivity contribution in [3.63, 3.8) is 0 Å². The normalized spacial score (nSPS) is 15.2. The van der Waals surface area contributed by atoms with Crippen LogP contribution in [0.3, 0.4) is 0 Å². The molecule has 0 aromatic heterocycles. The molecule has 0 aliphatic carbocycles. The fraction of sp³-hybridized carbons (Fsp3) is 1.00. The van der Waals surface area contributed by atoms with Gasteiger partial charge in [-0.15, -0.1) is 4.52 Å². The first kappa shape index (κ1) is 11.0. The van der Waals surface area contributed by atoms with Gasteiger partial charge in [0.1, 0.15) is 6.61 Å². The SMILES string of the molecule is CN(C)CC(O)CO[P+](C)=O. The van der Waals surface area contributed by atoms with E-state index in [1.54, 1.807) is 0 Å². The molecule has 0 radical (unpaired) electrons. The van der Waals surface area contributed by atoms with Crippen LogP contribution in [0.1, 0.15) is 0 Å². The lowest BCUT2D eigenvalue weighted by atomic mass is 10.4. The van der Waals surface area contributed by atoms with Crippen LogP contribution in [-0.2, 0) is 9.09 Å². The van der Waals surface area contributed by atoms with Crippen LogP contribution < -0.4 is 0 Å². The smallest absolute Gasteiger partial charge is 0.389 e. The first-order valence-electron chi connectivity index (χ1n) is 3.39. The third kappa shape index (κ3) is 7.88. The van der Waals surface area contributed by atoms with Gasteiger partial charge in [0.05, 0.1) is 6.10 Å². The quantitative estimate of drug-likeness (QED) is 0.618. The Bertz CT molecular complexity index is 129. The monoisotopic (exact) mass is 180 g/mol. The molecule has 0 spiro atoms. The molecule has 0 aliphatic rings. The van der Waals surface area contributed by atoms with Gasteiger partial charge in [0.2, 0.25) is 0 Å². The van der Waals surface area contributed by atoms with E-state index in [-0.39, 0.29) is 6.61 Å². The molecule has 0 aromatic carbocycles. The Morgan fingerprint density at radius 2 is 2.18 bits per heavy atom. The highest BCUT2D eigenvalue weighted by atomic mass is 31.1. The number of hydrogen-bond acceptors (Lipinski definition) is 4. The van der Waals surface area contributed by atoms with Crippen molar-refractivity contribution in [2.45, 2.75) is 6.10 Å². The van der Waals surface area contributed by atoms with Crippen molar-refractivity contribution < 1.29 is 14.2 Å². The van der Waals surface area contributed by atoms with Gasteiger partial charge in [-0.25, -0.2) is 0 Å². The Labute approximate surface area is 68.0 Å². The van der Waals surface area contributed by atoms with Crippen LogP contribution in [0.5, 0.6) is 0 Å². The molecule has 0 fully saturated rings. The van der Waals surface area contributed by atoms with Crippen molar-refractivity contribution in [1.82, 2.24) is 4.90 Å². The Morgan fingerprint density at radius 1 is 1.64 bits per heavy atom. The zero-order valence-corrected chi connectivity index (χ0v) is 8.04. The Hall–Kier alpha value is -0.0200. The lowest BCUT2D eigenvalue weighted by molar-refractivity contribution is 0.0869. The van der Waals surface area contributed by atoms with Crippen molar-refractivity contribution in [3.05, 3.63) is 0 Å². The van der Waals surface area contributed by atoms with Crippen molar-refractivity contribution in [3.8, 4) is 0 Å². The van der Waals surface area contributed by atoms with Gasteiger partial charge in [0.25, 0.3) is 0 Å². The molecule has 0 heterocycles. The average Bonchev–Trinajstić information content (AvgIpc) is 1.82. The van der Waals surface area contributed by atoms with Gasteiger partial charge in [0.15, 0.2) is 6.66 Å². The second-order valence-electron chi connectivity index (χ2n) is 2.65. The molecule has 0 saturated carbocycles. The number of hydrogen-bond donors (Lipinski definition) is 1. The van der Waals surface area contributed by atoms with E-state index in [4.69, 9.17) is 4.52 Å². The molecule has 0 rings (SSSR count). The van der Waals surface area contributed by atoms with Gasteiger partial charge in [-0.2, -0.15) is 0 Å². The molecule has 5 heteroatoms. The second-order valence-corrected chi connectivity index (χ2v) is 3.79. The molecular weight excluding hydrogens is 165 g/mol. The highest BCUT2D eigenvalue weighted by molar-refractivity contribution is 7.38. The highest BCUT2D eigenvalue weighted by Gasteiger charge is 2.12. The lowest BCUT2D eigenvalue weighted by Gasteiger charge is -2.12. The molecule has 66 valence electrons. The Kier molecular flexibility index (Phi) is 5.60. The maximum absolute atomic E-state index is 10.4. The van der Waals surface area contributed by atoms with Gasteiger partial charge >= 0.3 is 8.03 Å². The van der Waals surface area contributed by atoms with Gasteiger partial charge in [0, 0.05) is 6.54 Å². The number of likely N-dealkylation sites (N-methyl/N-ethyl adjacent to an activating group) is 1. The largest absolute Gasteiger partial charge is 0.504 e.